The molecule has 4 heterocycles. The van der Waals surface area contributed by atoms with Gasteiger partial charge in [-0.25, -0.2) is 33.8 Å². The summed E-state index contributed by atoms with van der Waals surface area (Å²) in [5, 5.41) is 4.24. The van der Waals surface area contributed by atoms with Gasteiger partial charge in [0, 0.05) is 63.1 Å². The van der Waals surface area contributed by atoms with Crippen LogP contribution >= 0.6 is 0 Å². The van der Waals surface area contributed by atoms with Crippen molar-refractivity contribution in [2.24, 2.45) is 17.8 Å². The number of halogens is 2. The van der Waals surface area contributed by atoms with Gasteiger partial charge in [-0.05, 0) is 130 Å². The van der Waals surface area contributed by atoms with Crippen molar-refractivity contribution in [3.8, 4) is 11.5 Å². The summed E-state index contributed by atoms with van der Waals surface area (Å²) in [5.41, 5.74) is 2.02. The molecule has 15 nitrogen and oxygen atoms in total. The van der Waals surface area contributed by atoms with Crippen molar-refractivity contribution in [2.45, 2.75) is 135 Å². The van der Waals surface area contributed by atoms with E-state index in [1.54, 1.807) is 42.8 Å². The van der Waals surface area contributed by atoms with E-state index in [1.165, 1.54) is 17.3 Å². The number of rotatable bonds is 13. The van der Waals surface area contributed by atoms with Crippen LogP contribution in [0.2, 0.25) is 0 Å². The van der Waals surface area contributed by atoms with Gasteiger partial charge in [-0.3, -0.25) is 14.5 Å². The summed E-state index contributed by atoms with van der Waals surface area (Å²) in [7, 11) is 1.84. The minimum atomic E-state index is -2.81. The molecule has 330 valence electrons. The number of nitrogens with one attached hydrogen (secondary N) is 2. The maximum Gasteiger partial charge on any atom is 0.416 e. The third kappa shape index (κ3) is 12.2. The maximum atomic E-state index is 14.3. The van der Waals surface area contributed by atoms with Crippen LogP contribution in [0.1, 0.15) is 116 Å². The number of oxazole rings is 1. The van der Waals surface area contributed by atoms with Crippen LogP contribution in [0.4, 0.5) is 24.2 Å². The van der Waals surface area contributed by atoms with Crippen molar-refractivity contribution < 1.29 is 41.8 Å². The fraction of sp³-hybridized carbons (Fsp3) is 0.674. The number of carbonyl (C=O) groups is 4. The van der Waals surface area contributed by atoms with E-state index >= 15 is 0 Å². The first-order valence-corrected chi connectivity index (χ1v) is 21.3. The number of amides is 4. The zero-order valence-corrected chi connectivity index (χ0v) is 36.0. The van der Waals surface area contributed by atoms with Crippen LogP contribution < -0.4 is 15.6 Å². The number of hydrogen-bond donors (Lipinski definition) is 2. The largest absolute Gasteiger partial charge is 0.444 e. The van der Waals surface area contributed by atoms with Crippen molar-refractivity contribution in [1.82, 2.24) is 35.5 Å². The molecule has 2 aliphatic carbocycles. The number of ether oxygens (including phenoxy) is 2. The predicted molar refractivity (Wildman–Crippen MR) is 220 cm³/mol. The molecule has 2 saturated carbocycles. The number of carbonyl (C=O) groups excluding carboxylic acids is 4. The predicted octanol–water partition coefficient (Wildman–Crippen LogP) is 7.36. The lowest BCUT2D eigenvalue weighted by Crippen LogP contribution is -2.48. The van der Waals surface area contributed by atoms with Crippen molar-refractivity contribution in [3.63, 3.8) is 0 Å². The van der Waals surface area contributed by atoms with E-state index < -0.39 is 35.7 Å². The number of piperidine rings is 1. The number of hydrogen-bond acceptors (Lipinski definition) is 11. The minimum absolute atomic E-state index is 0.00673. The van der Waals surface area contributed by atoms with Crippen molar-refractivity contribution in [1.29, 1.82) is 0 Å². The molecular weight excluding hydrogens is 779 g/mol. The first kappa shape index (κ1) is 44.7. The average molecular weight is 841 g/mol. The van der Waals surface area contributed by atoms with Gasteiger partial charge in [0.05, 0.1) is 5.70 Å². The molecule has 3 fully saturated rings. The average Bonchev–Trinajstić information content (AvgIpc) is 3.69. The number of pyridine rings is 1. The van der Waals surface area contributed by atoms with Crippen LogP contribution in [0, 0.1) is 17.8 Å². The summed E-state index contributed by atoms with van der Waals surface area (Å²) in [5.74, 6) is 0.557. The molecule has 1 atom stereocenters. The molecule has 0 radical (unpaired) electrons. The van der Waals surface area contributed by atoms with Crippen molar-refractivity contribution in [2.75, 3.05) is 38.1 Å². The molecule has 2 aromatic rings. The third-order valence-electron chi connectivity index (χ3n) is 11.4. The van der Waals surface area contributed by atoms with Crippen LogP contribution in [0.3, 0.4) is 0 Å². The van der Waals surface area contributed by atoms with E-state index in [2.05, 4.69) is 20.7 Å². The fourth-order valence-electron chi connectivity index (χ4n) is 7.92. The first-order valence-electron chi connectivity index (χ1n) is 21.3. The molecule has 60 heavy (non-hydrogen) atoms. The summed E-state index contributed by atoms with van der Waals surface area (Å²) >= 11 is 0. The lowest BCUT2D eigenvalue weighted by atomic mass is 9.85. The molecule has 2 N–H and O–H groups in total. The third-order valence-corrected chi connectivity index (χ3v) is 11.4. The number of nitrogens with zero attached hydrogens (tertiary/aromatic N) is 6. The summed E-state index contributed by atoms with van der Waals surface area (Å²) < 4.78 is 45.4. The van der Waals surface area contributed by atoms with Gasteiger partial charge in [0.25, 0.3) is 12.3 Å². The normalized spacial score (nSPS) is 21.4. The number of likely N-dealkylation sites (tertiary alicyclic amines) is 1. The lowest BCUT2D eigenvalue weighted by Gasteiger charge is -2.36. The molecule has 4 amide bonds. The molecule has 0 aromatic carbocycles. The second-order valence-corrected chi connectivity index (χ2v) is 18.7. The second-order valence-electron chi connectivity index (χ2n) is 18.7. The van der Waals surface area contributed by atoms with Gasteiger partial charge in [0.1, 0.15) is 29.3 Å². The number of alkyl halides is 2. The Hall–Kier alpha value is -4.80. The number of aromatic nitrogens is 2. The van der Waals surface area contributed by atoms with E-state index in [0.717, 1.165) is 44.8 Å². The fourth-order valence-corrected chi connectivity index (χ4v) is 7.92. The Labute approximate surface area is 351 Å². The van der Waals surface area contributed by atoms with E-state index in [9.17, 15) is 28.0 Å². The second kappa shape index (κ2) is 18.9. The van der Waals surface area contributed by atoms with Crippen LogP contribution in [-0.4, -0.2) is 112 Å². The molecule has 2 aromatic heterocycles. The molecule has 0 bridgehead atoms. The van der Waals surface area contributed by atoms with Gasteiger partial charge in [0.2, 0.25) is 11.8 Å². The lowest BCUT2D eigenvalue weighted by molar-refractivity contribution is -0.135. The quantitative estimate of drug-likeness (QED) is 0.207. The molecule has 6 rings (SSSR count). The van der Waals surface area contributed by atoms with Crippen molar-refractivity contribution in [3.05, 3.63) is 42.2 Å². The standard InChI is InChI=1S/C43H62F2N8O7/c1-42(2,3)59-40(56)51-21-17-27(18-22-51)9-8-20-50(7)39(55)29-12-14-31(15-13-29)53-25-32(35(49-53)36(44)45)47-37(54)33-26-58-38(48-33)30-16-19-46-34(23-30)52(24-28-10-11-28)41(57)60-43(4,5)6/h16,19,23,25-29,31,35-36,49H,8-15,17-18,20-22,24H2,1-7H3,(H,47,54). The van der Waals surface area contributed by atoms with E-state index in [0.29, 0.717) is 75.1 Å². The summed E-state index contributed by atoms with van der Waals surface area (Å²) in [6.07, 6.45) is 8.82. The number of anilines is 1. The molecule has 17 heteroatoms. The molecule has 2 aliphatic heterocycles. The highest BCUT2D eigenvalue weighted by Gasteiger charge is 2.38. The zero-order chi connectivity index (χ0) is 43.4. The Balaban J connectivity index is 0.978. The Morgan fingerprint density at radius 2 is 1.65 bits per heavy atom. The summed E-state index contributed by atoms with van der Waals surface area (Å²) in [4.78, 5) is 66.0. The Morgan fingerprint density at radius 1 is 0.967 bits per heavy atom. The highest BCUT2D eigenvalue weighted by Crippen LogP contribution is 2.34. The highest BCUT2D eigenvalue weighted by molar-refractivity contribution is 5.94. The van der Waals surface area contributed by atoms with E-state index in [1.807, 2.05) is 32.7 Å². The highest BCUT2D eigenvalue weighted by atomic mass is 19.3. The minimum Gasteiger partial charge on any atom is -0.444 e. The van der Waals surface area contributed by atoms with E-state index in [-0.39, 0.29) is 41.2 Å². The molecule has 0 spiro atoms. The van der Waals surface area contributed by atoms with Crippen LogP contribution in [0.25, 0.3) is 11.5 Å². The maximum absolute atomic E-state index is 14.3. The molecular formula is C43H62F2N8O7. The SMILES string of the molecule is CN(CCCC1CCN(C(=O)OC(C)(C)C)CC1)C(=O)C1CCC(N2C=C(NC(=O)c3coc(-c4ccnc(N(CC5CC5)C(=O)OC(C)(C)C)c4)n3)C(C(F)F)N2)CC1. The van der Waals surface area contributed by atoms with Crippen LogP contribution in [0.5, 0.6) is 0 Å². The smallest absolute Gasteiger partial charge is 0.416 e. The van der Waals surface area contributed by atoms with Crippen molar-refractivity contribution >= 4 is 29.8 Å². The number of hydrazine groups is 1. The van der Waals surface area contributed by atoms with Crippen LogP contribution in [0.15, 0.2) is 40.9 Å². The van der Waals surface area contributed by atoms with Gasteiger partial charge in [-0.2, -0.15) is 0 Å². The molecule has 4 aliphatic rings. The summed E-state index contributed by atoms with van der Waals surface area (Å²) in [6, 6.07) is 1.69. The van der Waals surface area contributed by atoms with Crippen LogP contribution in [-0.2, 0) is 14.3 Å². The summed E-state index contributed by atoms with van der Waals surface area (Å²) in [6.45, 7) is 13.5. The van der Waals surface area contributed by atoms with Gasteiger partial charge >= 0.3 is 12.2 Å². The Morgan fingerprint density at radius 3 is 2.28 bits per heavy atom. The molecule has 1 saturated heterocycles. The van der Waals surface area contributed by atoms with Gasteiger partial charge in [-0.15, -0.1) is 0 Å². The topological polar surface area (TPSA) is 163 Å². The van der Waals surface area contributed by atoms with Gasteiger partial charge < -0.3 is 34.0 Å². The van der Waals surface area contributed by atoms with Gasteiger partial charge in [-0.1, -0.05) is 0 Å². The van der Waals surface area contributed by atoms with E-state index in [4.69, 9.17) is 13.9 Å². The Bertz CT molecular complexity index is 1860. The monoisotopic (exact) mass is 840 g/mol. The molecule has 1 unspecified atom stereocenters. The first-order chi connectivity index (χ1) is 28.3. The zero-order valence-electron chi connectivity index (χ0n) is 36.0. The Kier molecular flexibility index (Phi) is 14.1. The van der Waals surface area contributed by atoms with Gasteiger partial charge in [0.15, 0.2) is 5.69 Å².